The van der Waals surface area contributed by atoms with Crippen molar-refractivity contribution in [1.29, 1.82) is 0 Å². The van der Waals surface area contributed by atoms with Gasteiger partial charge in [-0.2, -0.15) is 0 Å². The molecule has 85 valence electrons. The van der Waals surface area contributed by atoms with Crippen molar-refractivity contribution in [2.45, 2.75) is 58.3 Å². The summed E-state index contributed by atoms with van der Waals surface area (Å²) in [7, 11) is 0. The molecule has 1 nitrogen and oxygen atoms in total. The average Bonchev–Trinajstić information content (AvgIpc) is 2.15. The van der Waals surface area contributed by atoms with Crippen molar-refractivity contribution < 1.29 is 4.74 Å². The SMILES string of the molecule is CCCCCCCCCCOC(=S)S.[K]. The molecule has 0 rings (SSSR count). The summed E-state index contributed by atoms with van der Waals surface area (Å²) in [5, 5.41) is 0. The van der Waals surface area contributed by atoms with Crippen LogP contribution in [0, 0.1) is 0 Å². The third kappa shape index (κ3) is 18.4. The van der Waals surface area contributed by atoms with E-state index in [1.165, 1.54) is 44.9 Å². The van der Waals surface area contributed by atoms with Gasteiger partial charge in [0, 0.05) is 51.4 Å². The quantitative estimate of drug-likeness (QED) is 0.294. The third-order valence-corrected chi connectivity index (χ3v) is 2.47. The minimum atomic E-state index is 0. The molecule has 0 aliphatic carbocycles. The van der Waals surface area contributed by atoms with Crippen LogP contribution in [-0.4, -0.2) is 62.4 Å². The summed E-state index contributed by atoms with van der Waals surface area (Å²) in [5.41, 5.74) is 0. The fraction of sp³-hybridized carbons (Fsp3) is 0.909. The van der Waals surface area contributed by atoms with Gasteiger partial charge in [0.1, 0.15) is 0 Å². The van der Waals surface area contributed by atoms with Crippen molar-refractivity contribution in [3.8, 4) is 0 Å². The van der Waals surface area contributed by atoms with Gasteiger partial charge in [-0.1, -0.05) is 64.5 Å². The Kier molecular flexibility index (Phi) is 20.3. The Labute approximate surface area is 148 Å². The molecule has 4 heteroatoms. The zero-order valence-corrected chi connectivity index (χ0v) is 15.0. The van der Waals surface area contributed by atoms with Crippen molar-refractivity contribution >= 4 is 80.6 Å². The summed E-state index contributed by atoms with van der Waals surface area (Å²) >= 11 is 8.58. The van der Waals surface area contributed by atoms with Crippen LogP contribution in [-0.2, 0) is 4.74 Å². The molecular weight excluding hydrogens is 251 g/mol. The fourth-order valence-electron chi connectivity index (χ4n) is 1.40. The molecule has 0 aromatic heterocycles. The Hall–Kier alpha value is 1.88. The molecule has 0 bridgehead atoms. The zero-order chi connectivity index (χ0) is 10.6. The van der Waals surface area contributed by atoms with Crippen LogP contribution in [0.5, 0.6) is 0 Å². The van der Waals surface area contributed by atoms with E-state index in [2.05, 4.69) is 31.8 Å². The van der Waals surface area contributed by atoms with Gasteiger partial charge in [-0.25, -0.2) is 0 Å². The van der Waals surface area contributed by atoms with Gasteiger partial charge in [0.2, 0.25) is 4.38 Å². The van der Waals surface area contributed by atoms with E-state index in [1.807, 2.05) is 0 Å². The van der Waals surface area contributed by atoms with E-state index >= 15 is 0 Å². The normalized spacial score (nSPS) is 9.47. The first-order valence-corrected chi connectivity index (χ1v) is 6.48. The van der Waals surface area contributed by atoms with Crippen LogP contribution in [0.3, 0.4) is 0 Å². The molecule has 0 aliphatic rings. The van der Waals surface area contributed by atoms with E-state index in [0.29, 0.717) is 4.38 Å². The van der Waals surface area contributed by atoms with Gasteiger partial charge in [0.05, 0.1) is 6.61 Å². The standard InChI is InChI=1S/C11H22OS2.K/c1-2-3-4-5-6-7-8-9-10-12-11(13)14;/h2-10H2,1H3,(H,13,14);. The molecule has 0 fully saturated rings. The van der Waals surface area contributed by atoms with Crippen molar-refractivity contribution in [2.24, 2.45) is 0 Å². The maximum atomic E-state index is 5.08. The smallest absolute Gasteiger partial charge is 0.216 e. The van der Waals surface area contributed by atoms with E-state index in [1.54, 1.807) is 0 Å². The predicted octanol–water partition coefficient (Wildman–Crippen LogP) is 3.98. The molecule has 0 N–H and O–H groups in total. The topological polar surface area (TPSA) is 9.23 Å². The second-order valence-corrected chi connectivity index (χ2v) is 4.67. The van der Waals surface area contributed by atoms with E-state index in [4.69, 9.17) is 4.74 Å². The van der Waals surface area contributed by atoms with Crippen molar-refractivity contribution in [3.63, 3.8) is 0 Å². The van der Waals surface area contributed by atoms with Crippen LogP contribution < -0.4 is 0 Å². The van der Waals surface area contributed by atoms with Gasteiger partial charge in [0.25, 0.3) is 0 Å². The summed E-state index contributed by atoms with van der Waals surface area (Å²) < 4.78 is 5.45. The van der Waals surface area contributed by atoms with E-state index in [0.717, 1.165) is 13.0 Å². The average molecular weight is 274 g/mol. The molecule has 0 aliphatic heterocycles. The fourth-order valence-corrected chi connectivity index (χ4v) is 1.57. The first kappa shape index (κ1) is 19.2. The van der Waals surface area contributed by atoms with Gasteiger partial charge in [-0.05, 0) is 18.6 Å². The molecule has 0 saturated heterocycles. The third-order valence-electron chi connectivity index (χ3n) is 2.22. The molecule has 0 saturated carbocycles. The molecule has 0 heterocycles. The van der Waals surface area contributed by atoms with E-state index in [9.17, 15) is 0 Å². The summed E-state index contributed by atoms with van der Waals surface area (Å²) in [6.45, 7) is 2.98. The molecule has 0 spiro atoms. The number of ether oxygens (including phenoxy) is 1. The second-order valence-electron chi connectivity index (χ2n) is 3.59. The summed E-state index contributed by atoms with van der Waals surface area (Å²) in [4.78, 5) is 0. The first-order valence-electron chi connectivity index (χ1n) is 5.63. The Morgan fingerprint density at radius 2 is 1.47 bits per heavy atom. The monoisotopic (exact) mass is 273 g/mol. The largest absolute Gasteiger partial charge is 0.479 e. The second kappa shape index (κ2) is 15.9. The van der Waals surface area contributed by atoms with Crippen LogP contribution in [0.2, 0.25) is 0 Å². The Balaban J connectivity index is 0. The maximum Gasteiger partial charge on any atom is 0.216 e. The first-order chi connectivity index (χ1) is 6.77. The maximum absolute atomic E-state index is 5.08. The van der Waals surface area contributed by atoms with Crippen molar-refractivity contribution in [2.75, 3.05) is 6.61 Å². The van der Waals surface area contributed by atoms with Crippen molar-refractivity contribution in [1.82, 2.24) is 0 Å². The van der Waals surface area contributed by atoms with Crippen molar-refractivity contribution in [3.05, 3.63) is 0 Å². The number of thiol groups is 1. The number of hydrogen-bond donors (Lipinski definition) is 1. The van der Waals surface area contributed by atoms with Gasteiger partial charge < -0.3 is 4.74 Å². The van der Waals surface area contributed by atoms with Crippen LogP contribution >= 0.6 is 24.8 Å². The van der Waals surface area contributed by atoms with Gasteiger partial charge in [-0.15, -0.1) is 0 Å². The van der Waals surface area contributed by atoms with E-state index in [-0.39, 0.29) is 51.4 Å². The molecule has 15 heavy (non-hydrogen) atoms. The van der Waals surface area contributed by atoms with E-state index < -0.39 is 0 Å². The number of hydrogen-bond acceptors (Lipinski definition) is 2. The Morgan fingerprint density at radius 3 is 1.93 bits per heavy atom. The van der Waals surface area contributed by atoms with Crippen LogP contribution in [0.15, 0.2) is 0 Å². The predicted molar refractivity (Wildman–Crippen MR) is 75.9 cm³/mol. The summed E-state index contributed by atoms with van der Waals surface area (Å²) in [5.74, 6) is 0. The van der Waals surface area contributed by atoms with Crippen LogP contribution in [0.1, 0.15) is 58.3 Å². The molecule has 0 aromatic carbocycles. The number of thiocarbonyl (C=S) groups is 1. The Morgan fingerprint density at radius 1 is 1.00 bits per heavy atom. The molecule has 0 amide bonds. The summed E-state index contributed by atoms with van der Waals surface area (Å²) in [6.07, 6.45) is 10.5. The molecular formula is C11H22KOS2. The van der Waals surface area contributed by atoms with Gasteiger partial charge >= 0.3 is 0 Å². The number of rotatable bonds is 9. The molecule has 0 unspecified atom stereocenters. The zero-order valence-electron chi connectivity index (χ0n) is 10.1. The number of unbranched alkanes of at least 4 members (excludes halogenated alkanes) is 7. The minimum absolute atomic E-state index is 0. The molecule has 1 radical (unpaired) electrons. The van der Waals surface area contributed by atoms with Crippen LogP contribution in [0.4, 0.5) is 0 Å². The van der Waals surface area contributed by atoms with Crippen LogP contribution in [0.25, 0.3) is 0 Å². The van der Waals surface area contributed by atoms with Gasteiger partial charge in [-0.3, -0.25) is 0 Å². The molecule has 0 aromatic rings. The minimum Gasteiger partial charge on any atom is -0.479 e. The summed E-state index contributed by atoms with van der Waals surface area (Å²) in [6, 6.07) is 0. The van der Waals surface area contributed by atoms with Gasteiger partial charge in [0.15, 0.2) is 0 Å². The molecule has 0 atom stereocenters. The Bertz CT molecular complexity index is 143.